The number of nitrogens with zero attached hydrogens (tertiary/aromatic N) is 3. The molecule has 0 atom stereocenters. The number of anilines is 1. The van der Waals surface area contributed by atoms with E-state index in [1.807, 2.05) is 36.9 Å². The Morgan fingerprint density at radius 2 is 2.10 bits per heavy atom. The lowest BCUT2D eigenvalue weighted by atomic mass is 10.1. The van der Waals surface area contributed by atoms with Crippen molar-refractivity contribution in [3.05, 3.63) is 30.0 Å². The van der Waals surface area contributed by atoms with Gasteiger partial charge < -0.3 is 5.32 Å². The number of fused-ring (bicyclic) bond motifs is 2. The van der Waals surface area contributed by atoms with Crippen molar-refractivity contribution in [2.45, 2.75) is 13.3 Å². The van der Waals surface area contributed by atoms with Gasteiger partial charge in [-0.1, -0.05) is 18.2 Å². The summed E-state index contributed by atoms with van der Waals surface area (Å²) in [5.41, 5.74) is 4.00. The van der Waals surface area contributed by atoms with Crippen LogP contribution in [0.25, 0.3) is 21.9 Å². The summed E-state index contributed by atoms with van der Waals surface area (Å²) in [7, 11) is 1.93. The Morgan fingerprint density at radius 3 is 2.90 bits per heavy atom. The van der Waals surface area contributed by atoms with Gasteiger partial charge in [0.1, 0.15) is 0 Å². The summed E-state index contributed by atoms with van der Waals surface area (Å²) >= 11 is 5.77. The van der Waals surface area contributed by atoms with Crippen molar-refractivity contribution >= 4 is 39.2 Å². The van der Waals surface area contributed by atoms with Crippen LogP contribution in [0.4, 0.5) is 5.69 Å². The number of benzene rings is 1. The number of halogens is 1. The minimum atomic E-state index is 0.658. The molecule has 0 amide bonds. The molecule has 104 valence electrons. The number of pyridine rings is 1. The normalized spacial score (nSPS) is 11.3. The molecule has 0 spiro atoms. The van der Waals surface area contributed by atoms with Gasteiger partial charge in [-0.25, -0.2) is 4.98 Å². The maximum atomic E-state index is 5.77. The van der Waals surface area contributed by atoms with E-state index in [2.05, 4.69) is 16.5 Å². The summed E-state index contributed by atoms with van der Waals surface area (Å²) < 4.78 is 1.84. The molecular formula is C15H17ClN4. The molecule has 1 aromatic carbocycles. The van der Waals surface area contributed by atoms with E-state index in [-0.39, 0.29) is 0 Å². The van der Waals surface area contributed by atoms with Crippen LogP contribution >= 0.6 is 11.6 Å². The predicted molar refractivity (Wildman–Crippen MR) is 84.6 cm³/mol. The molecule has 3 rings (SSSR count). The third kappa shape index (κ3) is 2.10. The highest BCUT2D eigenvalue weighted by molar-refractivity contribution is 6.17. The van der Waals surface area contributed by atoms with Crippen LogP contribution < -0.4 is 5.32 Å². The highest BCUT2D eigenvalue weighted by atomic mass is 35.5. The monoisotopic (exact) mass is 288 g/mol. The highest BCUT2D eigenvalue weighted by Gasteiger charge is 2.14. The lowest BCUT2D eigenvalue weighted by molar-refractivity contribution is 0.775. The number of para-hydroxylation sites is 1. The fourth-order valence-corrected chi connectivity index (χ4v) is 2.70. The van der Waals surface area contributed by atoms with Gasteiger partial charge in [-0.2, -0.15) is 5.10 Å². The second kappa shape index (κ2) is 5.29. The molecule has 5 heteroatoms. The van der Waals surface area contributed by atoms with Crippen molar-refractivity contribution in [1.29, 1.82) is 0 Å². The molecule has 0 radical (unpaired) electrons. The van der Waals surface area contributed by atoms with Crippen LogP contribution in [-0.2, 0) is 7.05 Å². The van der Waals surface area contributed by atoms with E-state index < -0.39 is 0 Å². The summed E-state index contributed by atoms with van der Waals surface area (Å²) in [6.45, 7) is 2.87. The summed E-state index contributed by atoms with van der Waals surface area (Å²) in [5.74, 6) is 0.658. The Bertz CT molecular complexity index is 763. The number of alkyl halides is 1. The zero-order chi connectivity index (χ0) is 14.1. The summed E-state index contributed by atoms with van der Waals surface area (Å²) in [4.78, 5) is 4.72. The average Bonchev–Trinajstić information content (AvgIpc) is 2.73. The van der Waals surface area contributed by atoms with E-state index in [1.165, 1.54) is 0 Å². The second-order valence-corrected chi connectivity index (χ2v) is 5.26. The van der Waals surface area contributed by atoms with Crippen LogP contribution in [0.2, 0.25) is 0 Å². The zero-order valence-electron chi connectivity index (χ0n) is 11.7. The van der Waals surface area contributed by atoms with Crippen molar-refractivity contribution in [1.82, 2.24) is 14.8 Å². The smallest absolute Gasteiger partial charge is 0.160 e. The number of hydrogen-bond donors (Lipinski definition) is 1. The fourth-order valence-electron chi connectivity index (χ4n) is 2.56. The number of aromatic nitrogens is 3. The number of hydrogen-bond acceptors (Lipinski definition) is 3. The van der Waals surface area contributed by atoms with Gasteiger partial charge in [-0.05, 0) is 19.4 Å². The van der Waals surface area contributed by atoms with Gasteiger partial charge in [0.2, 0.25) is 0 Å². The van der Waals surface area contributed by atoms with Gasteiger partial charge in [-0.3, -0.25) is 4.68 Å². The minimum Gasteiger partial charge on any atom is -0.384 e. The summed E-state index contributed by atoms with van der Waals surface area (Å²) in [6, 6.07) is 8.17. The number of nitrogens with one attached hydrogen (secondary N) is 1. The number of aryl methyl sites for hydroxylation is 2. The summed E-state index contributed by atoms with van der Waals surface area (Å²) in [6.07, 6.45) is 0.930. The van der Waals surface area contributed by atoms with Gasteiger partial charge >= 0.3 is 0 Å². The standard InChI is InChI=1S/C15H17ClN4/c1-10-13-14(17-9-5-8-16)11-6-3-4-7-12(11)18-15(13)20(2)19-10/h3-4,6-7H,5,8-9H2,1-2H3,(H,17,18). The molecule has 0 saturated heterocycles. The van der Waals surface area contributed by atoms with E-state index in [1.54, 1.807) is 0 Å². The summed E-state index contributed by atoms with van der Waals surface area (Å²) in [5, 5.41) is 10.2. The lowest BCUT2D eigenvalue weighted by Gasteiger charge is -2.11. The molecule has 2 heterocycles. The first-order chi connectivity index (χ1) is 9.72. The van der Waals surface area contributed by atoms with Gasteiger partial charge in [0.05, 0.1) is 22.3 Å². The minimum absolute atomic E-state index is 0.658. The van der Waals surface area contributed by atoms with Crippen molar-refractivity contribution in [3.63, 3.8) is 0 Å². The quantitative estimate of drug-likeness (QED) is 0.590. The zero-order valence-corrected chi connectivity index (χ0v) is 12.4. The average molecular weight is 289 g/mol. The van der Waals surface area contributed by atoms with Crippen LogP contribution in [0.1, 0.15) is 12.1 Å². The molecule has 0 aliphatic rings. The maximum absolute atomic E-state index is 5.77. The van der Waals surface area contributed by atoms with Crippen LogP contribution in [-0.4, -0.2) is 27.2 Å². The highest BCUT2D eigenvalue weighted by Crippen LogP contribution is 2.32. The van der Waals surface area contributed by atoms with Gasteiger partial charge in [0.15, 0.2) is 5.65 Å². The Hall–Kier alpha value is -1.81. The second-order valence-electron chi connectivity index (χ2n) is 4.88. The first-order valence-corrected chi connectivity index (χ1v) is 7.27. The number of rotatable bonds is 4. The van der Waals surface area contributed by atoms with E-state index in [0.717, 1.165) is 46.3 Å². The third-order valence-corrected chi connectivity index (χ3v) is 3.72. The van der Waals surface area contributed by atoms with Gasteiger partial charge in [0, 0.05) is 24.9 Å². The molecule has 4 nitrogen and oxygen atoms in total. The Balaban J connectivity index is 2.28. The van der Waals surface area contributed by atoms with Crippen molar-refractivity contribution in [2.75, 3.05) is 17.7 Å². The molecule has 0 aliphatic heterocycles. The molecule has 0 saturated carbocycles. The van der Waals surface area contributed by atoms with Crippen molar-refractivity contribution < 1.29 is 0 Å². The molecular weight excluding hydrogens is 272 g/mol. The van der Waals surface area contributed by atoms with E-state index in [0.29, 0.717) is 5.88 Å². The Labute approximate surface area is 122 Å². The molecule has 0 aliphatic carbocycles. The van der Waals surface area contributed by atoms with Crippen LogP contribution in [0.3, 0.4) is 0 Å². The Kier molecular flexibility index (Phi) is 3.49. The molecule has 3 aromatic rings. The largest absolute Gasteiger partial charge is 0.384 e. The molecule has 0 fully saturated rings. The van der Waals surface area contributed by atoms with Crippen LogP contribution in [0, 0.1) is 6.92 Å². The van der Waals surface area contributed by atoms with Gasteiger partial charge in [0.25, 0.3) is 0 Å². The van der Waals surface area contributed by atoms with Gasteiger partial charge in [-0.15, -0.1) is 11.6 Å². The molecule has 2 aromatic heterocycles. The third-order valence-electron chi connectivity index (χ3n) is 3.45. The van der Waals surface area contributed by atoms with Crippen LogP contribution in [0.15, 0.2) is 24.3 Å². The molecule has 20 heavy (non-hydrogen) atoms. The van der Waals surface area contributed by atoms with E-state index in [9.17, 15) is 0 Å². The Morgan fingerprint density at radius 1 is 1.30 bits per heavy atom. The maximum Gasteiger partial charge on any atom is 0.160 e. The SMILES string of the molecule is Cc1nn(C)c2nc3ccccc3c(NCCCCl)c12. The molecule has 0 unspecified atom stereocenters. The topological polar surface area (TPSA) is 42.7 Å². The first kappa shape index (κ1) is 13.2. The van der Waals surface area contributed by atoms with E-state index >= 15 is 0 Å². The fraction of sp³-hybridized carbons (Fsp3) is 0.333. The van der Waals surface area contributed by atoms with E-state index in [4.69, 9.17) is 16.6 Å². The van der Waals surface area contributed by atoms with Crippen molar-refractivity contribution in [2.24, 2.45) is 7.05 Å². The van der Waals surface area contributed by atoms with Crippen molar-refractivity contribution in [3.8, 4) is 0 Å². The lowest BCUT2D eigenvalue weighted by Crippen LogP contribution is -2.04. The predicted octanol–water partition coefficient (Wildman–Crippen LogP) is 3.47. The molecule has 0 bridgehead atoms. The first-order valence-electron chi connectivity index (χ1n) is 6.74. The molecule has 1 N–H and O–H groups in total. The van der Waals surface area contributed by atoms with Crippen LogP contribution in [0.5, 0.6) is 0 Å².